The van der Waals surface area contributed by atoms with Gasteiger partial charge >= 0.3 is 6.18 Å². The summed E-state index contributed by atoms with van der Waals surface area (Å²) < 4.78 is 40.8. The van der Waals surface area contributed by atoms with E-state index < -0.39 is 11.7 Å². The summed E-state index contributed by atoms with van der Waals surface area (Å²) in [5, 5.41) is 19.9. The first-order chi connectivity index (χ1) is 11.9. The summed E-state index contributed by atoms with van der Waals surface area (Å²) in [5.41, 5.74) is 6.27. The van der Waals surface area contributed by atoms with Gasteiger partial charge in [-0.25, -0.2) is 4.98 Å². The number of rotatable bonds is 1. The number of benzene rings is 1. The van der Waals surface area contributed by atoms with Gasteiger partial charge in [0.25, 0.3) is 0 Å². The van der Waals surface area contributed by atoms with Crippen LogP contribution in [0, 0.1) is 11.3 Å². The van der Waals surface area contributed by atoms with E-state index in [2.05, 4.69) is 20.3 Å². The Morgan fingerprint density at radius 2 is 1.96 bits per heavy atom. The third-order valence-electron chi connectivity index (χ3n) is 3.86. The average Bonchev–Trinajstić information content (AvgIpc) is 3.20. The second-order valence-electron chi connectivity index (χ2n) is 5.32. The molecule has 0 saturated heterocycles. The smallest absolute Gasteiger partial charge is 0.382 e. The molecule has 124 valence electrons. The number of nitrogens with zero attached hydrogens (tertiary/aromatic N) is 5. The number of halogens is 3. The summed E-state index contributed by atoms with van der Waals surface area (Å²) >= 11 is 0. The van der Waals surface area contributed by atoms with Crippen molar-refractivity contribution in [2.24, 2.45) is 0 Å². The Hall–Kier alpha value is -3.61. The van der Waals surface area contributed by atoms with Gasteiger partial charge in [0.2, 0.25) is 0 Å². The zero-order valence-corrected chi connectivity index (χ0v) is 12.3. The number of hydrogen-bond donors (Lipinski definition) is 2. The van der Waals surface area contributed by atoms with Crippen molar-refractivity contribution in [3.8, 4) is 17.2 Å². The molecule has 0 amide bonds. The average molecular weight is 343 g/mol. The molecule has 0 aliphatic rings. The van der Waals surface area contributed by atoms with Gasteiger partial charge in [0.1, 0.15) is 17.5 Å². The molecule has 4 rings (SSSR count). The zero-order chi connectivity index (χ0) is 17.8. The molecule has 25 heavy (non-hydrogen) atoms. The summed E-state index contributed by atoms with van der Waals surface area (Å²) in [6, 6.07) is 3.89. The second kappa shape index (κ2) is 4.94. The lowest BCUT2D eigenvalue weighted by Gasteiger charge is -2.10. The van der Waals surface area contributed by atoms with E-state index in [-0.39, 0.29) is 28.1 Å². The summed E-state index contributed by atoms with van der Waals surface area (Å²) in [6.45, 7) is 0. The van der Waals surface area contributed by atoms with Gasteiger partial charge in [0.05, 0.1) is 29.7 Å². The molecule has 3 heterocycles. The number of nitriles is 1. The lowest BCUT2D eigenvalue weighted by atomic mass is 10.0. The Balaban J connectivity index is 2.05. The van der Waals surface area contributed by atoms with Gasteiger partial charge in [-0.3, -0.25) is 5.10 Å². The first kappa shape index (κ1) is 14.9. The fraction of sp³-hybridized carbons (Fsp3) is 0.0667. The van der Waals surface area contributed by atoms with Crippen molar-refractivity contribution < 1.29 is 13.2 Å². The number of anilines is 1. The van der Waals surface area contributed by atoms with E-state index in [0.717, 1.165) is 12.1 Å². The Kier molecular flexibility index (Phi) is 2.95. The maximum Gasteiger partial charge on any atom is 0.416 e. The highest BCUT2D eigenvalue weighted by Gasteiger charge is 2.32. The molecule has 0 saturated carbocycles. The van der Waals surface area contributed by atoms with Gasteiger partial charge in [-0.1, -0.05) is 0 Å². The van der Waals surface area contributed by atoms with Crippen LogP contribution >= 0.6 is 0 Å². The van der Waals surface area contributed by atoms with E-state index >= 15 is 0 Å². The second-order valence-corrected chi connectivity index (χ2v) is 5.32. The van der Waals surface area contributed by atoms with E-state index in [1.807, 2.05) is 6.07 Å². The number of fused-ring (bicyclic) bond motifs is 2. The molecule has 0 aliphatic heterocycles. The number of alkyl halides is 3. The lowest BCUT2D eigenvalue weighted by Crippen LogP contribution is -2.05. The molecule has 7 nitrogen and oxygen atoms in total. The molecule has 3 N–H and O–H groups in total. The van der Waals surface area contributed by atoms with Gasteiger partial charge in [-0.2, -0.15) is 33.1 Å². The number of aromatic amines is 1. The van der Waals surface area contributed by atoms with Crippen LogP contribution in [-0.4, -0.2) is 24.8 Å². The third-order valence-corrected chi connectivity index (χ3v) is 3.86. The van der Waals surface area contributed by atoms with Gasteiger partial charge in [-0.05, 0) is 17.7 Å². The molecule has 10 heteroatoms. The van der Waals surface area contributed by atoms with Crippen molar-refractivity contribution >= 4 is 22.4 Å². The fourth-order valence-electron chi connectivity index (χ4n) is 2.66. The first-order valence-electron chi connectivity index (χ1n) is 6.97. The zero-order valence-electron chi connectivity index (χ0n) is 12.3. The predicted octanol–water partition coefficient (Wildman–Crippen LogP) is 2.75. The third kappa shape index (κ3) is 2.17. The monoisotopic (exact) mass is 343 g/mol. The molecule has 0 unspecified atom stereocenters. The molecule has 4 aromatic rings. The van der Waals surface area contributed by atoms with Crippen LogP contribution in [0.3, 0.4) is 0 Å². The minimum Gasteiger partial charge on any atom is -0.382 e. The number of nitrogens with two attached hydrogens (primary N) is 1. The van der Waals surface area contributed by atoms with Crippen molar-refractivity contribution in [3.05, 3.63) is 41.9 Å². The predicted molar refractivity (Wildman–Crippen MR) is 82.2 cm³/mol. The Labute approximate surface area is 137 Å². The van der Waals surface area contributed by atoms with Crippen LogP contribution in [0.15, 0.2) is 30.7 Å². The summed E-state index contributed by atoms with van der Waals surface area (Å²) in [5.74, 6) is 0.0640. The van der Waals surface area contributed by atoms with Crippen LogP contribution in [0.5, 0.6) is 0 Å². The van der Waals surface area contributed by atoms with Crippen LogP contribution in [0.1, 0.15) is 11.1 Å². The fourth-order valence-corrected chi connectivity index (χ4v) is 2.66. The highest BCUT2D eigenvalue weighted by atomic mass is 19.4. The van der Waals surface area contributed by atoms with Crippen molar-refractivity contribution in [1.82, 2.24) is 24.8 Å². The molecule has 1 aromatic carbocycles. The molecule has 0 radical (unpaired) electrons. The van der Waals surface area contributed by atoms with Crippen LogP contribution < -0.4 is 5.73 Å². The van der Waals surface area contributed by atoms with Gasteiger partial charge in [-0.15, -0.1) is 0 Å². The minimum absolute atomic E-state index is 0.0640. The maximum atomic E-state index is 13.2. The van der Waals surface area contributed by atoms with Crippen molar-refractivity contribution in [3.63, 3.8) is 0 Å². The lowest BCUT2D eigenvalue weighted by molar-refractivity contribution is -0.137. The molecular formula is C15H8F3N7. The summed E-state index contributed by atoms with van der Waals surface area (Å²) in [7, 11) is 0. The number of nitrogen functional groups attached to an aromatic ring is 1. The molecule has 0 aliphatic carbocycles. The Morgan fingerprint density at radius 3 is 2.68 bits per heavy atom. The first-order valence-corrected chi connectivity index (χ1v) is 6.97. The van der Waals surface area contributed by atoms with Gasteiger partial charge in [0, 0.05) is 10.9 Å². The molecule has 0 fully saturated rings. The number of aromatic nitrogens is 5. The molecule has 0 atom stereocenters. The van der Waals surface area contributed by atoms with Gasteiger partial charge in [0.15, 0.2) is 5.65 Å². The largest absolute Gasteiger partial charge is 0.416 e. The van der Waals surface area contributed by atoms with Crippen molar-refractivity contribution in [2.45, 2.75) is 6.18 Å². The van der Waals surface area contributed by atoms with E-state index in [4.69, 9.17) is 11.0 Å². The Morgan fingerprint density at radius 1 is 1.16 bits per heavy atom. The van der Waals surface area contributed by atoms with Crippen LogP contribution in [0.2, 0.25) is 0 Å². The highest BCUT2D eigenvalue weighted by Crippen LogP contribution is 2.37. The molecule has 0 spiro atoms. The SMILES string of the molecule is N#Cc1cnc2c(-c3cc(C(F)(F)F)cc4[nH]ncc34)cnn2c1N. The molecular weight excluding hydrogens is 335 g/mol. The molecule has 3 aromatic heterocycles. The van der Waals surface area contributed by atoms with E-state index in [1.54, 1.807) is 0 Å². The van der Waals surface area contributed by atoms with E-state index in [0.29, 0.717) is 10.9 Å². The number of nitrogens with one attached hydrogen (secondary N) is 1. The summed E-state index contributed by atoms with van der Waals surface area (Å²) in [6.07, 6.45) is -0.462. The number of hydrogen-bond acceptors (Lipinski definition) is 5. The quantitative estimate of drug-likeness (QED) is 0.552. The van der Waals surface area contributed by atoms with Gasteiger partial charge < -0.3 is 5.73 Å². The van der Waals surface area contributed by atoms with E-state index in [1.165, 1.54) is 23.1 Å². The minimum atomic E-state index is -4.52. The van der Waals surface area contributed by atoms with Crippen molar-refractivity contribution in [2.75, 3.05) is 5.73 Å². The van der Waals surface area contributed by atoms with E-state index in [9.17, 15) is 13.2 Å². The van der Waals surface area contributed by atoms with Crippen LogP contribution in [0.4, 0.5) is 19.0 Å². The van der Waals surface area contributed by atoms with Crippen LogP contribution in [0.25, 0.3) is 27.7 Å². The number of H-pyrrole nitrogens is 1. The van der Waals surface area contributed by atoms with Crippen molar-refractivity contribution in [1.29, 1.82) is 5.26 Å². The Bertz CT molecular complexity index is 1160. The normalized spacial score (nSPS) is 11.9. The topological polar surface area (TPSA) is 109 Å². The standard InChI is InChI=1S/C15H8F3N7/c16-15(17,18)8-1-9(10-5-22-24-12(10)2-8)11-6-23-25-13(20)7(3-19)4-21-14(11)25/h1-2,4-6H,20H2,(H,22,24). The maximum absolute atomic E-state index is 13.2. The van der Waals surface area contributed by atoms with Crippen LogP contribution in [-0.2, 0) is 6.18 Å². The molecule has 0 bridgehead atoms. The summed E-state index contributed by atoms with van der Waals surface area (Å²) in [4.78, 5) is 4.12. The highest BCUT2D eigenvalue weighted by molar-refractivity contribution is 5.98.